The molecule has 0 unspecified atom stereocenters. The van der Waals surface area contributed by atoms with Crippen molar-refractivity contribution < 1.29 is 0 Å². The molecular weight excluding hydrogens is 498 g/mol. The highest BCUT2D eigenvalue weighted by Gasteiger charge is 2.45. The maximum Gasteiger partial charge on any atom is 0.229 e. The second-order valence-electron chi connectivity index (χ2n) is 9.91. The molecule has 1 saturated heterocycles. The van der Waals surface area contributed by atoms with E-state index in [0.29, 0.717) is 28.2 Å². The van der Waals surface area contributed by atoms with Crippen molar-refractivity contribution in [3.63, 3.8) is 0 Å². The zero-order valence-electron chi connectivity index (χ0n) is 20.1. The minimum absolute atomic E-state index is 0.276. The molecule has 6 nitrogen and oxygen atoms in total. The Balaban J connectivity index is 1.27. The number of hydrogen-bond acceptors (Lipinski definition) is 6. The van der Waals surface area contributed by atoms with Gasteiger partial charge in [-0.25, -0.2) is 4.98 Å². The Morgan fingerprint density at radius 3 is 2.49 bits per heavy atom. The molecule has 1 saturated carbocycles. The topological polar surface area (TPSA) is 79.1 Å². The minimum atomic E-state index is -0.276. The Hall–Kier alpha value is -2.11. The molecule has 2 aromatic carbocycles. The number of nitrogens with zero attached hydrogens (tertiary/aromatic N) is 3. The first-order valence-corrected chi connectivity index (χ1v) is 14.9. The van der Waals surface area contributed by atoms with Crippen molar-refractivity contribution in [3.8, 4) is 0 Å². The molecule has 0 atom stereocenters. The van der Waals surface area contributed by atoms with E-state index in [2.05, 4.69) is 57.0 Å². The lowest BCUT2D eigenvalue weighted by Crippen LogP contribution is -2.58. The zero-order chi connectivity index (χ0) is 24.6. The van der Waals surface area contributed by atoms with Crippen LogP contribution >= 0.6 is 31.1 Å². The van der Waals surface area contributed by atoms with Gasteiger partial charge in [0.25, 0.3) is 0 Å². The van der Waals surface area contributed by atoms with Gasteiger partial charge in [-0.3, -0.25) is 0 Å². The summed E-state index contributed by atoms with van der Waals surface area (Å²) in [6.45, 7) is 6.56. The van der Waals surface area contributed by atoms with E-state index < -0.39 is 0 Å². The van der Waals surface area contributed by atoms with Gasteiger partial charge in [0.2, 0.25) is 5.95 Å². The third-order valence-electron chi connectivity index (χ3n) is 7.07. The number of anilines is 5. The van der Waals surface area contributed by atoms with Crippen LogP contribution < -0.4 is 26.6 Å². The fraction of sp³-hybridized carbons (Fsp3) is 0.385. The SMILES string of the molecule is CP(C)c1ccccc1Nc1nc(Nc2ccc(N3CC4(CCC(N)CC4)C3)c(Cl)c2)ncc1Cl. The van der Waals surface area contributed by atoms with E-state index in [1.807, 2.05) is 24.3 Å². The number of nitrogens with two attached hydrogens (primary N) is 1. The van der Waals surface area contributed by atoms with Gasteiger partial charge in [-0.05, 0) is 68.6 Å². The molecule has 0 amide bonds. The second-order valence-corrected chi connectivity index (χ2v) is 13.0. The number of halogens is 2. The van der Waals surface area contributed by atoms with Crippen molar-refractivity contribution >= 4 is 65.3 Å². The van der Waals surface area contributed by atoms with Crippen LogP contribution in [-0.2, 0) is 0 Å². The fourth-order valence-electron chi connectivity index (χ4n) is 5.08. The molecule has 1 spiro atoms. The van der Waals surface area contributed by atoms with Crippen LogP contribution in [0.2, 0.25) is 10.0 Å². The summed E-state index contributed by atoms with van der Waals surface area (Å²) >= 11 is 13.1. The van der Waals surface area contributed by atoms with Crippen molar-refractivity contribution in [1.82, 2.24) is 9.97 Å². The third kappa shape index (κ3) is 5.36. The zero-order valence-corrected chi connectivity index (χ0v) is 22.5. The quantitative estimate of drug-likeness (QED) is 0.323. The smallest absolute Gasteiger partial charge is 0.229 e. The fourth-order valence-corrected chi connectivity index (χ4v) is 6.52. The average molecular weight is 529 g/mol. The average Bonchev–Trinajstić information content (AvgIpc) is 2.81. The van der Waals surface area contributed by atoms with Crippen LogP contribution in [0, 0.1) is 5.41 Å². The van der Waals surface area contributed by atoms with Crippen LogP contribution in [0.15, 0.2) is 48.7 Å². The molecule has 0 bridgehead atoms. The van der Waals surface area contributed by atoms with Crippen LogP contribution in [0.25, 0.3) is 0 Å². The molecule has 1 aliphatic carbocycles. The normalized spacial score (nSPS) is 17.5. The van der Waals surface area contributed by atoms with Crippen LogP contribution in [0.1, 0.15) is 25.7 Å². The maximum absolute atomic E-state index is 6.69. The second kappa shape index (κ2) is 10.1. The van der Waals surface area contributed by atoms with E-state index in [0.717, 1.165) is 48.0 Å². The molecule has 3 aromatic rings. The molecule has 1 aromatic heterocycles. The van der Waals surface area contributed by atoms with Crippen LogP contribution in [0.4, 0.5) is 28.8 Å². The van der Waals surface area contributed by atoms with Gasteiger partial charge < -0.3 is 21.3 Å². The Labute approximate surface area is 218 Å². The molecule has 0 radical (unpaired) electrons. The van der Waals surface area contributed by atoms with Gasteiger partial charge in [0, 0.05) is 35.9 Å². The highest BCUT2D eigenvalue weighted by Crippen LogP contribution is 2.47. The molecule has 5 rings (SSSR count). The molecular formula is C26H31Cl2N6P. The van der Waals surface area contributed by atoms with Crippen molar-refractivity contribution in [1.29, 1.82) is 0 Å². The third-order valence-corrected chi connectivity index (χ3v) is 9.00. The van der Waals surface area contributed by atoms with E-state index >= 15 is 0 Å². The molecule has 2 fully saturated rings. The predicted molar refractivity (Wildman–Crippen MR) is 151 cm³/mol. The Morgan fingerprint density at radius 2 is 1.77 bits per heavy atom. The first-order chi connectivity index (χ1) is 16.8. The first kappa shape index (κ1) is 24.6. The largest absolute Gasteiger partial charge is 0.369 e. The van der Waals surface area contributed by atoms with Gasteiger partial charge in [-0.2, -0.15) is 4.98 Å². The van der Waals surface area contributed by atoms with Gasteiger partial charge in [-0.15, -0.1) is 0 Å². The molecule has 1 aliphatic heterocycles. The Bertz CT molecular complexity index is 1200. The van der Waals surface area contributed by atoms with Gasteiger partial charge in [0.1, 0.15) is 5.02 Å². The van der Waals surface area contributed by atoms with Gasteiger partial charge in [0.15, 0.2) is 5.82 Å². The van der Waals surface area contributed by atoms with Crippen LogP contribution in [-0.4, -0.2) is 42.4 Å². The number of hydrogen-bond donors (Lipinski definition) is 3. The lowest BCUT2D eigenvalue weighted by molar-refractivity contribution is 0.129. The predicted octanol–water partition coefficient (Wildman–Crippen LogP) is 6.35. The van der Waals surface area contributed by atoms with Crippen molar-refractivity contribution in [2.24, 2.45) is 11.1 Å². The number of nitrogens with one attached hydrogen (secondary N) is 2. The highest BCUT2D eigenvalue weighted by atomic mass is 35.5. The number of aromatic nitrogens is 2. The van der Waals surface area contributed by atoms with Crippen LogP contribution in [0.5, 0.6) is 0 Å². The van der Waals surface area contributed by atoms with E-state index in [1.165, 1.54) is 18.1 Å². The van der Waals surface area contributed by atoms with E-state index in [4.69, 9.17) is 28.9 Å². The lowest BCUT2D eigenvalue weighted by atomic mass is 9.67. The summed E-state index contributed by atoms with van der Waals surface area (Å²) < 4.78 is 0. The highest BCUT2D eigenvalue weighted by molar-refractivity contribution is 7.64. The number of benzene rings is 2. The van der Waals surface area contributed by atoms with Gasteiger partial charge in [0.05, 0.1) is 16.9 Å². The van der Waals surface area contributed by atoms with Crippen molar-refractivity contribution in [2.45, 2.75) is 31.7 Å². The number of para-hydroxylation sites is 1. The first-order valence-electron chi connectivity index (χ1n) is 11.9. The van der Waals surface area contributed by atoms with E-state index in [9.17, 15) is 0 Å². The monoisotopic (exact) mass is 528 g/mol. The standard InChI is InChI=1S/C26H31Cl2N6P/c1-35(2)23-6-4-3-5-21(23)32-24-20(28)14-30-25(33-24)31-18-7-8-22(19(27)13-18)34-15-26(16-34)11-9-17(29)10-12-26/h3-8,13-14,17H,9-12,15-16,29H2,1-2H3,(H2,30,31,32,33). The van der Waals surface area contributed by atoms with E-state index in [1.54, 1.807) is 6.20 Å². The summed E-state index contributed by atoms with van der Waals surface area (Å²) in [5.74, 6) is 1.02. The molecule has 184 valence electrons. The minimum Gasteiger partial charge on any atom is -0.369 e. The Morgan fingerprint density at radius 1 is 1.03 bits per heavy atom. The summed E-state index contributed by atoms with van der Waals surface area (Å²) in [5.41, 5.74) is 9.43. The molecule has 9 heteroatoms. The summed E-state index contributed by atoms with van der Waals surface area (Å²) in [6.07, 6.45) is 6.30. The Kier molecular flexibility index (Phi) is 7.09. The molecule has 2 heterocycles. The maximum atomic E-state index is 6.69. The van der Waals surface area contributed by atoms with Crippen molar-refractivity contribution in [3.05, 3.63) is 58.7 Å². The summed E-state index contributed by atoms with van der Waals surface area (Å²) in [4.78, 5) is 11.3. The van der Waals surface area contributed by atoms with Crippen molar-refractivity contribution in [2.75, 3.05) is 42.0 Å². The molecule has 35 heavy (non-hydrogen) atoms. The molecule has 2 aliphatic rings. The summed E-state index contributed by atoms with van der Waals surface area (Å²) in [5, 5.41) is 9.09. The molecule has 4 N–H and O–H groups in total. The van der Waals surface area contributed by atoms with Gasteiger partial charge >= 0.3 is 0 Å². The summed E-state index contributed by atoms with van der Waals surface area (Å²) in [7, 11) is -0.276. The summed E-state index contributed by atoms with van der Waals surface area (Å²) in [6, 6.07) is 14.6. The van der Waals surface area contributed by atoms with Gasteiger partial charge in [-0.1, -0.05) is 49.3 Å². The van der Waals surface area contributed by atoms with Crippen LogP contribution in [0.3, 0.4) is 0 Å². The number of rotatable bonds is 6. The lowest BCUT2D eigenvalue weighted by Gasteiger charge is -2.54. The van der Waals surface area contributed by atoms with E-state index in [-0.39, 0.29) is 7.92 Å².